The quantitative estimate of drug-likeness (QED) is 0.869. The summed E-state index contributed by atoms with van der Waals surface area (Å²) in [6, 6.07) is 16.8. The molecule has 1 aliphatic rings. The minimum absolute atomic E-state index is 0.163. The fourth-order valence-corrected chi connectivity index (χ4v) is 3.04. The molecule has 23 heavy (non-hydrogen) atoms. The van der Waals surface area contributed by atoms with Gasteiger partial charge in [0.1, 0.15) is 5.82 Å². The van der Waals surface area contributed by atoms with Gasteiger partial charge in [-0.2, -0.15) is 0 Å². The lowest BCUT2D eigenvalue weighted by Crippen LogP contribution is -2.53. The van der Waals surface area contributed by atoms with E-state index in [-0.39, 0.29) is 17.5 Å². The van der Waals surface area contributed by atoms with Crippen LogP contribution in [0.15, 0.2) is 54.6 Å². The summed E-state index contributed by atoms with van der Waals surface area (Å²) < 4.78 is 13.8. The van der Waals surface area contributed by atoms with Crippen LogP contribution < -0.4 is 0 Å². The smallest absolute Gasteiger partial charge is 0.256 e. The van der Waals surface area contributed by atoms with Gasteiger partial charge >= 0.3 is 0 Å². The number of halogens is 1. The summed E-state index contributed by atoms with van der Waals surface area (Å²) in [7, 11) is 0. The highest BCUT2D eigenvalue weighted by Crippen LogP contribution is 2.17. The number of piperazine rings is 1. The lowest BCUT2D eigenvalue weighted by Gasteiger charge is -2.40. The molecule has 0 radical (unpaired) electrons. The zero-order chi connectivity index (χ0) is 16.2. The molecular weight excluding hydrogens is 291 g/mol. The predicted octanol–water partition coefficient (Wildman–Crippen LogP) is 3.17. The van der Waals surface area contributed by atoms with Crippen molar-refractivity contribution in [1.29, 1.82) is 0 Å². The first-order valence-electron chi connectivity index (χ1n) is 7.97. The normalized spacial score (nSPS) is 18.9. The van der Waals surface area contributed by atoms with E-state index < -0.39 is 5.82 Å². The Hall–Kier alpha value is -2.20. The van der Waals surface area contributed by atoms with Crippen molar-refractivity contribution < 1.29 is 9.18 Å². The summed E-state index contributed by atoms with van der Waals surface area (Å²) in [6.45, 7) is 5.05. The Balaban J connectivity index is 1.64. The van der Waals surface area contributed by atoms with E-state index in [2.05, 4.69) is 24.0 Å². The van der Waals surface area contributed by atoms with Gasteiger partial charge in [0.25, 0.3) is 5.91 Å². The van der Waals surface area contributed by atoms with Gasteiger partial charge in [-0.15, -0.1) is 0 Å². The van der Waals surface area contributed by atoms with E-state index in [1.165, 1.54) is 11.6 Å². The van der Waals surface area contributed by atoms with Gasteiger partial charge in [-0.3, -0.25) is 9.69 Å². The molecule has 120 valence electrons. The molecule has 0 bridgehead atoms. The summed E-state index contributed by atoms with van der Waals surface area (Å²) in [5.41, 5.74) is 1.43. The molecule has 4 heteroatoms. The van der Waals surface area contributed by atoms with Crippen molar-refractivity contribution in [3.05, 3.63) is 71.5 Å². The van der Waals surface area contributed by atoms with Crippen LogP contribution >= 0.6 is 0 Å². The van der Waals surface area contributed by atoms with Crippen molar-refractivity contribution in [2.45, 2.75) is 19.5 Å². The molecule has 1 atom stereocenters. The molecule has 0 N–H and O–H groups in total. The van der Waals surface area contributed by atoms with E-state index >= 15 is 0 Å². The first kappa shape index (κ1) is 15.7. The number of benzene rings is 2. The third-order valence-corrected chi connectivity index (χ3v) is 4.39. The molecule has 0 aliphatic carbocycles. The van der Waals surface area contributed by atoms with Crippen LogP contribution in [0.1, 0.15) is 22.8 Å². The Morgan fingerprint density at radius 1 is 1.09 bits per heavy atom. The number of carbonyl (C=O) groups excluding carboxylic acids is 1. The SMILES string of the molecule is CC1CN(C(=O)c2ccccc2F)CCN1Cc1ccccc1. The maximum atomic E-state index is 13.8. The molecule has 1 amide bonds. The Labute approximate surface area is 136 Å². The average Bonchev–Trinajstić information content (AvgIpc) is 2.57. The summed E-state index contributed by atoms with van der Waals surface area (Å²) in [6.07, 6.45) is 0. The lowest BCUT2D eigenvalue weighted by atomic mass is 10.1. The zero-order valence-corrected chi connectivity index (χ0v) is 13.3. The highest BCUT2D eigenvalue weighted by molar-refractivity contribution is 5.94. The van der Waals surface area contributed by atoms with Crippen molar-refractivity contribution in [3.63, 3.8) is 0 Å². The summed E-state index contributed by atoms with van der Waals surface area (Å²) in [5, 5.41) is 0. The highest BCUT2D eigenvalue weighted by atomic mass is 19.1. The summed E-state index contributed by atoms with van der Waals surface area (Å²) in [5.74, 6) is -0.661. The molecule has 0 aromatic heterocycles. The molecule has 0 spiro atoms. The predicted molar refractivity (Wildman–Crippen MR) is 88.6 cm³/mol. The van der Waals surface area contributed by atoms with Gasteiger partial charge in [-0.25, -0.2) is 4.39 Å². The largest absolute Gasteiger partial charge is 0.336 e. The number of rotatable bonds is 3. The fraction of sp³-hybridized carbons (Fsp3) is 0.316. The maximum absolute atomic E-state index is 13.8. The van der Waals surface area contributed by atoms with Crippen LogP contribution in [-0.4, -0.2) is 41.4 Å². The minimum Gasteiger partial charge on any atom is -0.336 e. The molecule has 0 saturated carbocycles. The van der Waals surface area contributed by atoms with Crippen LogP contribution in [0, 0.1) is 5.82 Å². The molecule has 1 unspecified atom stereocenters. The van der Waals surface area contributed by atoms with Crippen molar-refractivity contribution in [2.24, 2.45) is 0 Å². The van der Waals surface area contributed by atoms with Gasteiger partial charge in [0.05, 0.1) is 5.56 Å². The van der Waals surface area contributed by atoms with Gasteiger partial charge in [-0.05, 0) is 24.6 Å². The van der Waals surface area contributed by atoms with Crippen LogP contribution in [0.4, 0.5) is 4.39 Å². The number of amides is 1. The van der Waals surface area contributed by atoms with Gasteiger partial charge < -0.3 is 4.90 Å². The second-order valence-electron chi connectivity index (χ2n) is 6.04. The Bertz CT molecular complexity index is 674. The van der Waals surface area contributed by atoms with Crippen LogP contribution in [0.2, 0.25) is 0 Å². The van der Waals surface area contributed by atoms with E-state index in [9.17, 15) is 9.18 Å². The molecule has 2 aromatic rings. The minimum atomic E-state index is -0.447. The third kappa shape index (κ3) is 3.59. The second kappa shape index (κ2) is 6.92. The first-order valence-corrected chi connectivity index (χ1v) is 7.97. The van der Waals surface area contributed by atoms with Gasteiger partial charge in [0.2, 0.25) is 0 Å². The van der Waals surface area contributed by atoms with E-state index in [0.29, 0.717) is 13.1 Å². The monoisotopic (exact) mass is 312 g/mol. The van der Waals surface area contributed by atoms with Crippen LogP contribution in [0.3, 0.4) is 0 Å². The molecule has 3 nitrogen and oxygen atoms in total. The van der Waals surface area contributed by atoms with Gasteiger partial charge in [-0.1, -0.05) is 42.5 Å². The van der Waals surface area contributed by atoms with E-state index in [1.807, 2.05) is 18.2 Å². The number of carbonyl (C=O) groups is 1. The second-order valence-corrected chi connectivity index (χ2v) is 6.04. The Morgan fingerprint density at radius 2 is 1.78 bits per heavy atom. The molecule has 2 aromatic carbocycles. The average molecular weight is 312 g/mol. The van der Waals surface area contributed by atoms with Crippen LogP contribution in [-0.2, 0) is 6.54 Å². The topological polar surface area (TPSA) is 23.6 Å². The van der Waals surface area contributed by atoms with Crippen molar-refractivity contribution in [3.8, 4) is 0 Å². The number of hydrogen-bond acceptors (Lipinski definition) is 2. The zero-order valence-electron chi connectivity index (χ0n) is 13.3. The van der Waals surface area contributed by atoms with Crippen molar-refractivity contribution in [1.82, 2.24) is 9.80 Å². The van der Waals surface area contributed by atoms with E-state index in [1.54, 1.807) is 23.1 Å². The van der Waals surface area contributed by atoms with Gasteiger partial charge in [0, 0.05) is 32.2 Å². The van der Waals surface area contributed by atoms with E-state index in [4.69, 9.17) is 0 Å². The standard InChI is InChI=1S/C19H21FN2O/c1-15-13-22(19(23)17-9-5-6-10-18(17)20)12-11-21(15)14-16-7-3-2-4-8-16/h2-10,15H,11-14H2,1H3. The Kier molecular flexibility index (Phi) is 4.72. The molecular formula is C19H21FN2O. The van der Waals surface area contributed by atoms with E-state index in [0.717, 1.165) is 13.1 Å². The van der Waals surface area contributed by atoms with Crippen LogP contribution in [0.5, 0.6) is 0 Å². The Morgan fingerprint density at radius 3 is 2.48 bits per heavy atom. The lowest BCUT2D eigenvalue weighted by molar-refractivity contribution is 0.0491. The first-order chi connectivity index (χ1) is 11.1. The summed E-state index contributed by atoms with van der Waals surface area (Å²) >= 11 is 0. The molecule has 1 aliphatic heterocycles. The maximum Gasteiger partial charge on any atom is 0.256 e. The third-order valence-electron chi connectivity index (χ3n) is 4.39. The van der Waals surface area contributed by atoms with Crippen molar-refractivity contribution in [2.75, 3.05) is 19.6 Å². The van der Waals surface area contributed by atoms with Crippen LogP contribution in [0.25, 0.3) is 0 Å². The molecule has 1 heterocycles. The highest BCUT2D eigenvalue weighted by Gasteiger charge is 2.28. The fourth-order valence-electron chi connectivity index (χ4n) is 3.04. The molecule has 1 fully saturated rings. The molecule has 3 rings (SSSR count). The molecule has 1 saturated heterocycles. The van der Waals surface area contributed by atoms with Gasteiger partial charge in [0.15, 0.2) is 0 Å². The van der Waals surface area contributed by atoms with Crippen molar-refractivity contribution >= 4 is 5.91 Å². The number of nitrogens with zero attached hydrogens (tertiary/aromatic N) is 2. The number of hydrogen-bond donors (Lipinski definition) is 0. The summed E-state index contributed by atoms with van der Waals surface area (Å²) in [4.78, 5) is 16.6.